The summed E-state index contributed by atoms with van der Waals surface area (Å²) in [6.45, 7) is 9.27. The Morgan fingerprint density at radius 1 is 1.25 bits per heavy atom. The molecule has 1 fully saturated rings. The lowest BCUT2D eigenvalue weighted by Gasteiger charge is -2.38. The minimum atomic E-state index is -0.420. The van der Waals surface area contributed by atoms with E-state index in [1.165, 1.54) is 12.1 Å². The van der Waals surface area contributed by atoms with Crippen LogP contribution < -0.4 is 5.32 Å². The molecule has 4 heteroatoms. The standard InChI is InChI=1S/C16H24F2N2/c1-4-11(2)16(20-9-7-19-8-10-20)14-13(17)6-5-12(3)15(14)18/h5-6,11,16,19H,4,7-10H2,1-3H3/t11?,16-/m0/s1. The molecule has 112 valence electrons. The van der Waals surface area contributed by atoms with Crippen LogP contribution in [0.2, 0.25) is 0 Å². The van der Waals surface area contributed by atoms with E-state index in [0.717, 1.165) is 32.6 Å². The van der Waals surface area contributed by atoms with Gasteiger partial charge in [-0.15, -0.1) is 0 Å². The third kappa shape index (κ3) is 3.01. The second-order valence-corrected chi connectivity index (χ2v) is 5.71. The smallest absolute Gasteiger partial charge is 0.133 e. The first-order valence-corrected chi connectivity index (χ1v) is 7.45. The molecular weight excluding hydrogens is 258 g/mol. The lowest BCUT2D eigenvalue weighted by atomic mass is 9.89. The van der Waals surface area contributed by atoms with E-state index in [1.807, 2.05) is 0 Å². The van der Waals surface area contributed by atoms with Crippen LogP contribution in [0.5, 0.6) is 0 Å². The zero-order chi connectivity index (χ0) is 14.7. The monoisotopic (exact) mass is 282 g/mol. The highest BCUT2D eigenvalue weighted by Gasteiger charge is 2.31. The summed E-state index contributed by atoms with van der Waals surface area (Å²) in [5.41, 5.74) is 0.770. The van der Waals surface area contributed by atoms with Crippen LogP contribution in [-0.2, 0) is 0 Å². The largest absolute Gasteiger partial charge is 0.314 e. The molecule has 1 aliphatic heterocycles. The zero-order valence-corrected chi connectivity index (χ0v) is 12.5. The second-order valence-electron chi connectivity index (χ2n) is 5.71. The predicted molar refractivity (Wildman–Crippen MR) is 77.7 cm³/mol. The van der Waals surface area contributed by atoms with Gasteiger partial charge in [-0.05, 0) is 24.5 Å². The molecule has 1 N–H and O–H groups in total. The van der Waals surface area contributed by atoms with Crippen LogP contribution in [0, 0.1) is 24.5 Å². The van der Waals surface area contributed by atoms with Crippen molar-refractivity contribution in [3.8, 4) is 0 Å². The van der Waals surface area contributed by atoms with Gasteiger partial charge in [-0.2, -0.15) is 0 Å². The number of benzene rings is 1. The van der Waals surface area contributed by atoms with Gasteiger partial charge in [0.05, 0.1) is 0 Å². The molecule has 0 bridgehead atoms. The maximum Gasteiger partial charge on any atom is 0.133 e. The van der Waals surface area contributed by atoms with Crippen molar-refractivity contribution in [2.24, 2.45) is 5.92 Å². The first-order chi connectivity index (χ1) is 9.56. The summed E-state index contributed by atoms with van der Waals surface area (Å²) in [5.74, 6) is -0.579. The topological polar surface area (TPSA) is 15.3 Å². The molecule has 0 amide bonds. The number of hydrogen-bond donors (Lipinski definition) is 1. The maximum absolute atomic E-state index is 14.5. The summed E-state index contributed by atoms with van der Waals surface area (Å²) >= 11 is 0. The van der Waals surface area contributed by atoms with Crippen molar-refractivity contribution in [1.29, 1.82) is 0 Å². The summed E-state index contributed by atoms with van der Waals surface area (Å²) in [5, 5.41) is 3.29. The van der Waals surface area contributed by atoms with Gasteiger partial charge in [0, 0.05) is 37.8 Å². The van der Waals surface area contributed by atoms with E-state index in [9.17, 15) is 8.78 Å². The first kappa shape index (κ1) is 15.4. The van der Waals surface area contributed by atoms with Gasteiger partial charge in [-0.1, -0.05) is 26.3 Å². The summed E-state index contributed by atoms with van der Waals surface area (Å²) in [4.78, 5) is 2.21. The summed E-state index contributed by atoms with van der Waals surface area (Å²) in [7, 11) is 0. The average molecular weight is 282 g/mol. The van der Waals surface area contributed by atoms with E-state index in [1.54, 1.807) is 6.92 Å². The molecule has 1 aromatic carbocycles. The van der Waals surface area contributed by atoms with Crippen LogP contribution in [0.3, 0.4) is 0 Å². The maximum atomic E-state index is 14.5. The van der Waals surface area contributed by atoms with Crippen LogP contribution in [0.15, 0.2) is 12.1 Å². The molecule has 1 heterocycles. The van der Waals surface area contributed by atoms with Crippen molar-refractivity contribution in [1.82, 2.24) is 10.2 Å². The van der Waals surface area contributed by atoms with E-state index >= 15 is 0 Å². The fourth-order valence-electron chi connectivity index (χ4n) is 2.96. The van der Waals surface area contributed by atoms with E-state index in [2.05, 4.69) is 24.1 Å². The molecule has 0 radical (unpaired) electrons. The van der Waals surface area contributed by atoms with Gasteiger partial charge in [0.25, 0.3) is 0 Å². The van der Waals surface area contributed by atoms with Crippen molar-refractivity contribution in [2.75, 3.05) is 26.2 Å². The molecule has 0 saturated carbocycles. The van der Waals surface area contributed by atoms with Crippen LogP contribution >= 0.6 is 0 Å². The van der Waals surface area contributed by atoms with Crippen LogP contribution in [-0.4, -0.2) is 31.1 Å². The van der Waals surface area contributed by atoms with E-state index < -0.39 is 5.82 Å². The fourth-order valence-corrected chi connectivity index (χ4v) is 2.96. The number of rotatable bonds is 4. The Hall–Kier alpha value is -1.00. The van der Waals surface area contributed by atoms with Gasteiger partial charge in [0.2, 0.25) is 0 Å². The molecular formula is C16H24F2N2. The number of nitrogens with one attached hydrogen (secondary N) is 1. The van der Waals surface area contributed by atoms with Crippen molar-refractivity contribution < 1.29 is 8.78 Å². The highest BCUT2D eigenvalue weighted by atomic mass is 19.1. The number of hydrogen-bond acceptors (Lipinski definition) is 2. The Morgan fingerprint density at radius 2 is 1.90 bits per heavy atom. The normalized spacial score (nSPS) is 19.9. The first-order valence-electron chi connectivity index (χ1n) is 7.45. The number of halogens is 2. The van der Waals surface area contributed by atoms with Gasteiger partial charge in [-0.25, -0.2) is 8.78 Å². The molecule has 2 atom stereocenters. The predicted octanol–water partition coefficient (Wildman–Crippen LogP) is 3.27. The van der Waals surface area contributed by atoms with Gasteiger partial charge in [0.1, 0.15) is 11.6 Å². The second kappa shape index (κ2) is 6.64. The molecule has 1 unspecified atom stereocenters. The molecule has 2 nitrogen and oxygen atoms in total. The SMILES string of the molecule is CCC(C)[C@@H](c1c(F)ccc(C)c1F)N1CCNCC1. The summed E-state index contributed by atoms with van der Waals surface area (Å²) in [6, 6.07) is 2.73. The quantitative estimate of drug-likeness (QED) is 0.912. The molecule has 1 aliphatic rings. The van der Waals surface area contributed by atoms with E-state index in [4.69, 9.17) is 0 Å². The number of piperazine rings is 1. The Morgan fingerprint density at radius 3 is 2.50 bits per heavy atom. The van der Waals surface area contributed by atoms with E-state index in [0.29, 0.717) is 5.56 Å². The van der Waals surface area contributed by atoms with Crippen molar-refractivity contribution in [2.45, 2.75) is 33.2 Å². The van der Waals surface area contributed by atoms with Gasteiger partial charge in [-0.3, -0.25) is 4.90 Å². The summed E-state index contributed by atoms with van der Waals surface area (Å²) < 4.78 is 28.7. The highest BCUT2D eigenvalue weighted by molar-refractivity contribution is 5.30. The van der Waals surface area contributed by atoms with Crippen molar-refractivity contribution in [3.05, 3.63) is 34.9 Å². The molecule has 20 heavy (non-hydrogen) atoms. The molecule has 1 aromatic rings. The van der Waals surface area contributed by atoms with Crippen molar-refractivity contribution >= 4 is 0 Å². The van der Waals surface area contributed by atoms with Gasteiger partial charge >= 0.3 is 0 Å². The Kier molecular flexibility index (Phi) is 5.11. The Bertz CT molecular complexity index is 456. The fraction of sp³-hybridized carbons (Fsp3) is 0.625. The summed E-state index contributed by atoms with van der Waals surface area (Å²) in [6.07, 6.45) is 0.904. The molecule has 1 saturated heterocycles. The Balaban J connectivity index is 2.43. The molecule has 0 aromatic heterocycles. The third-order valence-electron chi connectivity index (χ3n) is 4.34. The van der Waals surface area contributed by atoms with Gasteiger partial charge in [0.15, 0.2) is 0 Å². The third-order valence-corrected chi connectivity index (χ3v) is 4.34. The van der Waals surface area contributed by atoms with Crippen LogP contribution in [0.25, 0.3) is 0 Å². The average Bonchev–Trinajstić information content (AvgIpc) is 2.48. The minimum Gasteiger partial charge on any atom is -0.314 e. The lowest BCUT2D eigenvalue weighted by molar-refractivity contribution is 0.122. The van der Waals surface area contributed by atoms with Gasteiger partial charge < -0.3 is 5.32 Å². The van der Waals surface area contributed by atoms with Crippen LogP contribution in [0.1, 0.15) is 37.4 Å². The Labute approximate surface area is 120 Å². The minimum absolute atomic E-state index is 0.179. The number of nitrogens with zero attached hydrogens (tertiary/aromatic N) is 1. The van der Waals surface area contributed by atoms with Crippen molar-refractivity contribution in [3.63, 3.8) is 0 Å². The van der Waals surface area contributed by atoms with E-state index in [-0.39, 0.29) is 23.3 Å². The van der Waals surface area contributed by atoms with Crippen LogP contribution in [0.4, 0.5) is 8.78 Å². The molecule has 0 spiro atoms. The molecule has 2 rings (SSSR count). The zero-order valence-electron chi connectivity index (χ0n) is 12.5. The lowest BCUT2D eigenvalue weighted by Crippen LogP contribution is -2.47. The molecule has 0 aliphatic carbocycles. The highest BCUT2D eigenvalue weighted by Crippen LogP contribution is 2.35. The number of aryl methyl sites for hydroxylation is 1.